The van der Waals surface area contributed by atoms with Crippen molar-refractivity contribution in [1.29, 1.82) is 0 Å². The first-order chi connectivity index (χ1) is 13.7. The van der Waals surface area contributed by atoms with E-state index in [4.69, 9.17) is 16.3 Å². The van der Waals surface area contributed by atoms with E-state index in [-0.39, 0.29) is 0 Å². The summed E-state index contributed by atoms with van der Waals surface area (Å²) in [6, 6.07) is 9.73. The number of nitrogens with one attached hydrogen (secondary N) is 1. The molecule has 0 bridgehead atoms. The summed E-state index contributed by atoms with van der Waals surface area (Å²) in [6.45, 7) is 6.69. The number of likely N-dealkylation sites (tertiary alicyclic amines) is 1. The third-order valence-corrected chi connectivity index (χ3v) is 5.54. The molecular weight excluding hydrogens is 374 g/mol. The van der Waals surface area contributed by atoms with Gasteiger partial charge in [0.25, 0.3) is 0 Å². The van der Waals surface area contributed by atoms with Gasteiger partial charge in [0.2, 0.25) is 0 Å². The number of benzene rings is 1. The van der Waals surface area contributed by atoms with Gasteiger partial charge in [-0.2, -0.15) is 10.2 Å². The van der Waals surface area contributed by atoms with E-state index in [0.717, 1.165) is 56.2 Å². The van der Waals surface area contributed by atoms with Crippen LogP contribution < -0.4 is 4.74 Å². The second-order valence-electron chi connectivity index (χ2n) is 7.27. The molecule has 3 heterocycles. The predicted molar refractivity (Wildman–Crippen MR) is 110 cm³/mol. The average Bonchev–Trinajstić information content (AvgIpc) is 3.44. The summed E-state index contributed by atoms with van der Waals surface area (Å²) in [5.41, 5.74) is 3.53. The van der Waals surface area contributed by atoms with E-state index in [1.807, 2.05) is 35.1 Å². The number of para-hydroxylation sites is 1. The summed E-state index contributed by atoms with van der Waals surface area (Å²) in [6.07, 6.45) is 6.04. The van der Waals surface area contributed by atoms with E-state index >= 15 is 0 Å². The van der Waals surface area contributed by atoms with Crippen LogP contribution in [0.5, 0.6) is 5.75 Å². The first-order valence-electron chi connectivity index (χ1n) is 9.86. The summed E-state index contributed by atoms with van der Waals surface area (Å²) < 4.78 is 7.75. The first kappa shape index (κ1) is 19.0. The molecule has 0 aliphatic carbocycles. The SMILES string of the molecule is CCn1cc(CN2CC[C@H](c3cc(CCOc4ccccc4Cl)[nH]n3)C2)cn1. The molecule has 1 N–H and O–H groups in total. The fourth-order valence-corrected chi connectivity index (χ4v) is 3.88. The number of H-pyrrole nitrogens is 1. The van der Waals surface area contributed by atoms with Crippen molar-refractivity contribution in [1.82, 2.24) is 24.9 Å². The van der Waals surface area contributed by atoms with Crippen molar-refractivity contribution in [2.45, 2.75) is 38.8 Å². The number of ether oxygens (including phenoxy) is 1. The van der Waals surface area contributed by atoms with Crippen LogP contribution >= 0.6 is 11.6 Å². The minimum Gasteiger partial charge on any atom is -0.492 e. The monoisotopic (exact) mass is 399 g/mol. The second kappa shape index (κ2) is 8.80. The Labute approximate surface area is 170 Å². The zero-order valence-corrected chi connectivity index (χ0v) is 16.9. The second-order valence-corrected chi connectivity index (χ2v) is 7.68. The Morgan fingerprint density at radius 2 is 2.21 bits per heavy atom. The van der Waals surface area contributed by atoms with E-state index in [0.29, 0.717) is 17.5 Å². The molecule has 1 fully saturated rings. The maximum Gasteiger partial charge on any atom is 0.137 e. The third-order valence-electron chi connectivity index (χ3n) is 5.22. The number of halogens is 1. The molecule has 1 aliphatic rings. The van der Waals surface area contributed by atoms with Crippen molar-refractivity contribution in [2.24, 2.45) is 0 Å². The highest BCUT2D eigenvalue weighted by atomic mass is 35.5. The molecule has 0 amide bonds. The van der Waals surface area contributed by atoms with E-state index in [1.165, 1.54) is 5.56 Å². The minimum atomic E-state index is 0.482. The molecule has 1 aliphatic heterocycles. The summed E-state index contributed by atoms with van der Waals surface area (Å²) in [5, 5.41) is 12.7. The molecule has 7 heteroatoms. The Morgan fingerprint density at radius 1 is 1.32 bits per heavy atom. The van der Waals surface area contributed by atoms with Crippen LogP contribution in [-0.2, 0) is 19.5 Å². The van der Waals surface area contributed by atoms with Crippen LogP contribution in [0.4, 0.5) is 0 Å². The highest BCUT2D eigenvalue weighted by Crippen LogP contribution is 2.27. The lowest BCUT2D eigenvalue weighted by atomic mass is 10.0. The van der Waals surface area contributed by atoms with Crippen molar-refractivity contribution < 1.29 is 4.74 Å². The molecular formula is C21H26ClN5O. The van der Waals surface area contributed by atoms with Gasteiger partial charge in [-0.1, -0.05) is 23.7 Å². The molecule has 3 aromatic rings. The number of nitrogens with zero attached hydrogens (tertiary/aromatic N) is 4. The van der Waals surface area contributed by atoms with E-state index in [2.05, 4.69) is 39.4 Å². The summed E-state index contributed by atoms with van der Waals surface area (Å²) >= 11 is 6.12. The van der Waals surface area contributed by atoms with Gasteiger partial charge in [-0.15, -0.1) is 0 Å². The predicted octanol–water partition coefficient (Wildman–Crippen LogP) is 3.89. The minimum absolute atomic E-state index is 0.482. The number of aromatic amines is 1. The van der Waals surface area contributed by atoms with Crippen LogP contribution in [0.1, 0.15) is 36.2 Å². The number of aryl methyl sites for hydroxylation is 1. The quantitative estimate of drug-likeness (QED) is 0.624. The molecule has 1 aromatic carbocycles. The molecule has 0 saturated carbocycles. The Morgan fingerprint density at radius 3 is 3.04 bits per heavy atom. The molecule has 1 atom stereocenters. The highest BCUT2D eigenvalue weighted by molar-refractivity contribution is 6.32. The van der Waals surface area contributed by atoms with E-state index in [9.17, 15) is 0 Å². The number of hydrogen-bond donors (Lipinski definition) is 1. The maximum atomic E-state index is 6.12. The largest absolute Gasteiger partial charge is 0.492 e. The van der Waals surface area contributed by atoms with Gasteiger partial charge in [-0.3, -0.25) is 14.7 Å². The van der Waals surface area contributed by atoms with Crippen LogP contribution in [0.25, 0.3) is 0 Å². The maximum absolute atomic E-state index is 6.12. The molecule has 4 rings (SSSR count). The van der Waals surface area contributed by atoms with Crippen molar-refractivity contribution >= 4 is 11.6 Å². The lowest BCUT2D eigenvalue weighted by Gasteiger charge is -2.14. The molecule has 6 nitrogen and oxygen atoms in total. The fraction of sp³-hybridized carbons (Fsp3) is 0.429. The van der Waals surface area contributed by atoms with Gasteiger partial charge in [-0.25, -0.2) is 0 Å². The van der Waals surface area contributed by atoms with Gasteiger partial charge in [0.1, 0.15) is 5.75 Å². The zero-order chi connectivity index (χ0) is 19.3. The smallest absolute Gasteiger partial charge is 0.137 e. The van der Waals surface area contributed by atoms with Crippen LogP contribution in [0, 0.1) is 0 Å². The van der Waals surface area contributed by atoms with Gasteiger partial charge in [0.15, 0.2) is 0 Å². The lowest BCUT2D eigenvalue weighted by Crippen LogP contribution is -2.19. The normalized spacial score (nSPS) is 17.3. The van der Waals surface area contributed by atoms with Crippen LogP contribution in [0.15, 0.2) is 42.7 Å². The van der Waals surface area contributed by atoms with Crippen LogP contribution in [0.3, 0.4) is 0 Å². The summed E-state index contributed by atoms with van der Waals surface area (Å²) in [5.74, 6) is 1.21. The standard InChI is InChI=1S/C21H26ClN5O/c1-2-27-14-16(12-23-27)13-26-9-7-17(15-26)20-11-18(24-25-20)8-10-28-21-6-4-3-5-19(21)22/h3-6,11-12,14,17H,2,7-10,13,15H2,1H3,(H,24,25)/t17-/m0/s1. The van der Waals surface area contributed by atoms with Crippen LogP contribution in [-0.4, -0.2) is 44.6 Å². The Balaban J connectivity index is 1.26. The number of aromatic nitrogens is 4. The molecule has 2 aromatic heterocycles. The van der Waals surface area contributed by atoms with Gasteiger partial charge in [0.05, 0.1) is 23.5 Å². The van der Waals surface area contributed by atoms with Crippen molar-refractivity contribution in [3.05, 3.63) is 64.7 Å². The van der Waals surface area contributed by atoms with Gasteiger partial charge in [-0.05, 0) is 38.1 Å². The molecule has 0 unspecified atom stereocenters. The third kappa shape index (κ3) is 4.56. The topological polar surface area (TPSA) is 59.0 Å². The summed E-state index contributed by atoms with van der Waals surface area (Å²) in [7, 11) is 0. The Hall–Kier alpha value is -2.31. The average molecular weight is 400 g/mol. The zero-order valence-electron chi connectivity index (χ0n) is 16.1. The van der Waals surface area contributed by atoms with E-state index in [1.54, 1.807) is 0 Å². The molecule has 28 heavy (non-hydrogen) atoms. The Kier molecular flexibility index (Phi) is 5.98. The van der Waals surface area contributed by atoms with E-state index < -0.39 is 0 Å². The highest BCUT2D eigenvalue weighted by Gasteiger charge is 2.26. The first-order valence-corrected chi connectivity index (χ1v) is 10.2. The molecule has 0 spiro atoms. The van der Waals surface area contributed by atoms with Crippen molar-refractivity contribution in [3.63, 3.8) is 0 Å². The van der Waals surface area contributed by atoms with Crippen molar-refractivity contribution in [2.75, 3.05) is 19.7 Å². The van der Waals surface area contributed by atoms with Gasteiger partial charge >= 0.3 is 0 Å². The molecule has 1 saturated heterocycles. The lowest BCUT2D eigenvalue weighted by molar-refractivity contribution is 0.320. The number of hydrogen-bond acceptors (Lipinski definition) is 4. The summed E-state index contributed by atoms with van der Waals surface area (Å²) in [4.78, 5) is 2.48. The molecule has 0 radical (unpaired) electrons. The molecule has 148 valence electrons. The van der Waals surface area contributed by atoms with Crippen LogP contribution in [0.2, 0.25) is 5.02 Å². The van der Waals surface area contributed by atoms with Gasteiger partial charge < -0.3 is 4.74 Å². The Bertz CT molecular complexity index is 906. The van der Waals surface area contributed by atoms with Crippen molar-refractivity contribution in [3.8, 4) is 5.75 Å². The fourth-order valence-electron chi connectivity index (χ4n) is 3.69. The van der Waals surface area contributed by atoms with Gasteiger partial charge in [0, 0.05) is 49.4 Å². The number of rotatable bonds is 8.